The highest BCUT2D eigenvalue weighted by atomic mass is 16.7. The molecule has 0 aliphatic carbocycles. The Kier molecular flexibility index (Phi) is 5.07. The molecule has 2 saturated heterocycles. The number of likely N-dealkylation sites (tertiary alicyclic amines) is 1. The zero-order valence-corrected chi connectivity index (χ0v) is 10.5. The lowest BCUT2D eigenvalue weighted by atomic mass is 10.00. The van der Waals surface area contributed by atoms with E-state index in [4.69, 9.17) is 9.47 Å². The summed E-state index contributed by atoms with van der Waals surface area (Å²) in [7, 11) is 0. The first kappa shape index (κ1) is 12.3. The molecule has 94 valence electrons. The fraction of sp³-hybridized carbons (Fsp3) is 1.00. The third-order valence-electron chi connectivity index (χ3n) is 3.77. The van der Waals surface area contributed by atoms with Crippen LogP contribution in [0.2, 0.25) is 0 Å². The first-order valence-electron chi connectivity index (χ1n) is 6.87. The normalized spacial score (nSPS) is 29.4. The first-order valence-corrected chi connectivity index (χ1v) is 6.87. The standard InChI is InChI=1S/C13H25NO2/c1-2-12-6-3-4-8-14(12)9-7-13-15-10-5-11-16-13/h12-13H,2-11H2,1H3. The zero-order valence-electron chi connectivity index (χ0n) is 10.5. The lowest BCUT2D eigenvalue weighted by molar-refractivity contribution is -0.183. The second kappa shape index (κ2) is 6.58. The largest absolute Gasteiger partial charge is 0.353 e. The molecular weight excluding hydrogens is 202 g/mol. The molecule has 3 nitrogen and oxygen atoms in total. The highest BCUT2D eigenvalue weighted by molar-refractivity contribution is 4.76. The lowest BCUT2D eigenvalue weighted by Gasteiger charge is -2.36. The van der Waals surface area contributed by atoms with E-state index < -0.39 is 0 Å². The van der Waals surface area contributed by atoms with Gasteiger partial charge in [-0.2, -0.15) is 0 Å². The summed E-state index contributed by atoms with van der Waals surface area (Å²) in [4.78, 5) is 2.63. The van der Waals surface area contributed by atoms with E-state index in [-0.39, 0.29) is 6.29 Å². The maximum Gasteiger partial charge on any atom is 0.158 e. The van der Waals surface area contributed by atoms with Crippen LogP contribution in [-0.2, 0) is 9.47 Å². The van der Waals surface area contributed by atoms with Gasteiger partial charge in [-0.05, 0) is 32.2 Å². The van der Waals surface area contributed by atoms with Crippen LogP contribution in [0.4, 0.5) is 0 Å². The van der Waals surface area contributed by atoms with Crippen molar-refractivity contribution in [3.05, 3.63) is 0 Å². The minimum atomic E-state index is 0.0631. The van der Waals surface area contributed by atoms with E-state index in [2.05, 4.69) is 11.8 Å². The van der Waals surface area contributed by atoms with Gasteiger partial charge in [0, 0.05) is 19.0 Å². The van der Waals surface area contributed by atoms with E-state index >= 15 is 0 Å². The average Bonchev–Trinajstić information content (AvgIpc) is 2.38. The van der Waals surface area contributed by atoms with Crippen molar-refractivity contribution in [2.45, 2.75) is 57.8 Å². The number of hydrogen-bond donors (Lipinski definition) is 0. The highest BCUT2D eigenvalue weighted by Crippen LogP contribution is 2.20. The molecule has 2 heterocycles. The molecule has 0 aromatic rings. The summed E-state index contributed by atoms with van der Waals surface area (Å²) >= 11 is 0. The predicted octanol–water partition coefficient (Wildman–Crippen LogP) is 2.40. The summed E-state index contributed by atoms with van der Waals surface area (Å²) < 4.78 is 11.2. The van der Waals surface area contributed by atoms with E-state index in [0.717, 1.165) is 38.6 Å². The van der Waals surface area contributed by atoms with Gasteiger partial charge in [0.25, 0.3) is 0 Å². The predicted molar refractivity (Wildman–Crippen MR) is 64.4 cm³/mol. The van der Waals surface area contributed by atoms with Crippen molar-refractivity contribution < 1.29 is 9.47 Å². The van der Waals surface area contributed by atoms with Crippen LogP contribution >= 0.6 is 0 Å². The Hall–Kier alpha value is -0.120. The van der Waals surface area contributed by atoms with Gasteiger partial charge in [-0.25, -0.2) is 0 Å². The third kappa shape index (κ3) is 3.44. The van der Waals surface area contributed by atoms with E-state index in [9.17, 15) is 0 Å². The Morgan fingerprint density at radius 3 is 2.69 bits per heavy atom. The minimum absolute atomic E-state index is 0.0631. The van der Waals surface area contributed by atoms with Gasteiger partial charge in [0.1, 0.15) is 0 Å². The van der Waals surface area contributed by atoms with Gasteiger partial charge in [0.15, 0.2) is 6.29 Å². The van der Waals surface area contributed by atoms with Crippen molar-refractivity contribution in [3.8, 4) is 0 Å². The molecule has 2 aliphatic rings. The molecule has 0 spiro atoms. The fourth-order valence-corrected chi connectivity index (χ4v) is 2.79. The summed E-state index contributed by atoms with van der Waals surface area (Å²) in [5.74, 6) is 0. The Balaban J connectivity index is 1.70. The molecule has 3 heteroatoms. The second-order valence-electron chi connectivity index (χ2n) is 4.91. The second-order valence-corrected chi connectivity index (χ2v) is 4.91. The molecule has 2 fully saturated rings. The van der Waals surface area contributed by atoms with E-state index in [1.807, 2.05) is 0 Å². The summed E-state index contributed by atoms with van der Waals surface area (Å²) in [6, 6.07) is 0.803. The summed E-state index contributed by atoms with van der Waals surface area (Å²) in [6.45, 7) is 6.47. The monoisotopic (exact) mass is 227 g/mol. The Bertz CT molecular complexity index is 192. The van der Waals surface area contributed by atoms with Crippen molar-refractivity contribution in [2.75, 3.05) is 26.3 Å². The van der Waals surface area contributed by atoms with Gasteiger partial charge in [-0.15, -0.1) is 0 Å². The van der Waals surface area contributed by atoms with Crippen LogP contribution < -0.4 is 0 Å². The van der Waals surface area contributed by atoms with E-state index in [1.54, 1.807) is 0 Å². The molecule has 0 radical (unpaired) electrons. The third-order valence-corrected chi connectivity index (χ3v) is 3.77. The molecule has 1 unspecified atom stereocenters. The smallest absolute Gasteiger partial charge is 0.158 e. The number of ether oxygens (including phenoxy) is 2. The first-order chi connectivity index (χ1) is 7.90. The Labute approximate surface area is 99.1 Å². The van der Waals surface area contributed by atoms with Crippen molar-refractivity contribution in [1.82, 2.24) is 4.90 Å². The molecule has 0 N–H and O–H groups in total. The molecule has 0 aromatic carbocycles. The van der Waals surface area contributed by atoms with Crippen LogP contribution in [0.1, 0.15) is 45.4 Å². The molecule has 0 amide bonds. The topological polar surface area (TPSA) is 21.7 Å². The van der Waals surface area contributed by atoms with Crippen LogP contribution in [0.3, 0.4) is 0 Å². The van der Waals surface area contributed by atoms with Gasteiger partial charge in [-0.3, -0.25) is 0 Å². The average molecular weight is 227 g/mol. The summed E-state index contributed by atoms with van der Waals surface area (Å²) in [5, 5.41) is 0. The fourth-order valence-electron chi connectivity index (χ4n) is 2.79. The Morgan fingerprint density at radius 2 is 1.94 bits per heavy atom. The Morgan fingerprint density at radius 1 is 1.12 bits per heavy atom. The molecule has 2 aliphatic heterocycles. The van der Waals surface area contributed by atoms with E-state index in [1.165, 1.54) is 32.2 Å². The molecule has 0 bridgehead atoms. The van der Waals surface area contributed by atoms with Crippen molar-refractivity contribution >= 4 is 0 Å². The van der Waals surface area contributed by atoms with Gasteiger partial charge >= 0.3 is 0 Å². The van der Waals surface area contributed by atoms with Crippen LogP contribution in [0.15, 0.2) is 0 Å². The van der Waals surface area contributed by atoms with Crippen LogP contribution in [0.25, 0.3) is 0 Å². The van der Waals surface area contributed by atoms with Crippen molar-refractivity contribution in [3.63, 3.8) is 0 Å². The van der Waals surface area contributed by atoms with Crippen LogP contribution in [0.5, 0.6) is 0 Å². The van der Waals surface area contributed by atoms with Crippen molar-refractivity contribution in [2.24, 2.45) is 0 Å². The molecule has 2 rings (SSSR count). The molecule has 1 atom stereocenters. The molecular formula is C13H25NO2. The number of rotatable bonds is 4. The van der Waals surface area contributed by atoms with Gasteiger partial charge < -0.3 is 14.4 Å². The summed E-state index contributed by atoms with van der Waals surface area (Å²) in [5.41, 5.74) is 0. The quantitative estimate of drug-likeness (QED) is 0.736. The minimum Gasteiger partial charge on any atom is -0.353 e. The van der Waals surface area contributed by atoms with Gasteiger partial charge in [0.2, 0.25) is 0 Å². The number of hydrogen-bond acceptors (Lipinski definition) is 3. The van der Waals surface area contributed by atoms with Crippen LogP contribution in [-0.4, -0.2) is 43.5 Å². The van der Waals surface area contributed by atoms with Gasteiger partial charge in [-0.1, -0.05) is 13.3 Å². The van der Waals surface area contributed by atoms with E-state index in [0.29, 0.717) is 0 Å². The maximum absolute atomic E-state index is 5.59. The zero-order chi connectivity index (χ0) is 11.2. The molecule has 0 aromatic heterocycles. The highest BCUT2D eigenvalue weighted by Gasteiger charge is 2.22. The molecule has 0 saturated carbocycles. The van der Waals surface area contributed by atoms with Crippen molar-refractivity contribution in [1.29, 1.82) is 0 Å². The number of nitrogens with zero attached hydrogens (tertiary/aromatic N) is 1. The SMILES string of the molecule is CCC1CCCCN1CCC1OCCCO1. The lowest BCUT2D eigenvalue weighted by Crippen LogP contribution is -2.41. The maximum atomic E-state index is 5.59. The van der Waals surface area contributed by atoms with Crippen LogP contribution in [0, 0.1) is 0 Å². The molecule has 16 heavy (non-hydrogen) atoms. The van der Waals surface area contributed by atoms with Gasteiger partial charge in [0.05, 0.1) is 13.2 Å². The number of piperidine rings is 1. The summed E-state index contributed by atoms with van der Waals surface area (Å²) in [6.07, 6.45) is 7.59.